The van der Waals surface area contributed by atoms with E-state index in [4.69, 9.17) is 18.9 Å². The van der Waals surface area contributed by atoms with E-state index in [1.807, 2.05) is 30.3 Å². The SMILES string of the molecule is COC(=O)c1c(OC)ccc2c1CC(c1ccc(OC)cc1)O2. The van der Waals surface area contributed by atoms with Crippen molar-refractivity contribution in [1.82, 2.24) is 0 Å². The van der Waals surface area contributed by atoms with Gasteiger partial charge in [0.05, 0.1) is 21.3 Å². The summed E-state index contributed by atoms with van der Waals surface area (Å²) in [6, 6.07) is 11.3. The van der Waals surface area contributed by atoms with Crippen LogP contribution in [0.5, 0.6) is 17.2 Å². The fourth-order valence-electron chi connectivity index (χ4n) is 2.80. The van der Waals surface area contributed by atoms with Gasteiger partial charge < -0.3 is 18.9 Å². The first-order valence-electron chi connectivity index (χ1n) is 7.26. The third kappa shape index (κ3) is 2.70. The maximum Gasteiger partial charge on any atom is 0.342 e. The summed E-state index contributed by atoms with van der Waals surface area (Å²) in [5.41, 5.74) is 2.28. The summed E-state index contributed by atoms with van der Waals surface area (Å²) >= 11 is 0. The minimum atomic E-state index is -0.419. The lowest BCUT2D eigenvalue weighted by Crippen LogP contribution is -2.08. The van der Waals surface area contributed by atoms with Crippen LogP contribution >= 0.6 is 0 Å². The Morgan fingerprint density at radius 1 is 1.04 bits per heavy atom. The molecule has 23 heavy (non-hydrogen) atoms. The maximum atomic E-state index is 12.1. The van der Waals surface area contributed by atoms with Gasteiger partial charge in [0.1, 0.15) is 28.9 Å². The van der Waals surface area contributed by atoms with Crippen molar-refractivity contribution in [3.05, 3.63) is 53.1 Å². The number of rotatable bonds is 4. The monoisotopic (exact) mass is 314 g/mol. The van der Waals surface area contributed by atoms with Crippen LogP contribution in [-0.2, 0) is 11.2 Å². The molecular weight excluding hydrogens is 296 g/mol. The lowest BCUT2D eigenvalue weighted by atomic mass is 9.99. The second-order valence-electron chi connectivity index (χ2n) is 5.19. The summed E-state index contributed by atoms with van der Waals surface area (Å²) in [6.07, 6.45) is 0.440. The van der Waals surface area contributed by atoms with Crippen LogP contribution in [0.2, 0.25) is 0 Å². The van der Waals surface area contributed by atoms with Crippen LogP contribution in [0.4, 0.5) is 0 Å². The minimum Gasteiger partial charge on any atom is -0.497 e. The first-order valence-corrected chi connectivity index (χ1v) is 7.26. The van der Waals surface area contributed by atoms with Crippen LogP contribution in [0.15, 0.2) is 36.4 Å². The zero-order valence-corrected chi connectivity index (χ0v) is 13.3. The molecule has 2 aromatic rings. The number of carbonyl (C=O) groups is 1. The fraction of sp³-hybridized carbons (Fsp3) is 0.278. The van der Waals surface area contributed by atoms with E-state index in [1.165, 1.54) is 14.2 Å². The summed E-state index contributed by atoms with van der Waals surface area (Å²) in [7, 11) is 4.52. The highest BCUT2D eigenvalue weighted by atomic mass is 16.5. The van der Waals surface area contributed by atoms with E-state index < -0.39 is 5.97 Å². The number of methoxy groups -OCH3 is 3. The predicted octanol–water partition coefficient (Wildman–Crippen LogP) is 3.17. The van der Waals surface area contributed by atoms with E-state index in [0.717, 1.165) is 16.9 Å². The number of benzene rings is 2. The second-order valence-corrected chi connectivity index (χ2v) is 5.19. The highest BCUT2D eigenvalue weighted by Crippen LogP contribution is 2.42. The first kappa shape index (κ1) is 15.2. The number of carbonyl (C=O) groups excluding carboxylic acids is 1. The van der Waals surface area contributed by atoms with E-state index in [-0.39, 0.29) is 6.10 Å². The van der Waals surface area contributed by atoms with Gasteiger partial charge in [0, 0.05) is 12.0 Å². The van der Waals surface area contributed by atoms with Crippen molar-refractivity contribution in [2.75, 3.05) is 21.3 Å². The van der Waals surface area contributed by atoms with Crippen molar-refractivity contribution in [2.24, 2.45) is 0 Å². The molecule has 0 fully saturated rings. The summed E-state index contributed by atoms with van der Waals surface area (Å²) in [4.78, 5) is 12.1. The Kier molecular flexibility index (Phi) is 4.10. The fourth-order valence-corrected chi connectivity index (χ4v) is 2.80. The molecule has 0 aliphatic carbocycles. The molecule has 120 valence electrons. The van der Waals surface area contributed by atoms with Gasteiger partial charge in [-0.3, -0.25) is 0 Å². The largest absolute Gasteiger partial charge is 0.497 e. The first-order chi connectivity index (χ1) is 11.2. The quantitative estimate of drug-likeness (QED) is 0.811. The van der Waals surface area contributed by atoms with Crippen LogP contribution in [0.25, 0.3) is 0 Å². The lowest BCUT2D eigenvalue weighted by molar-refractivity contribution is 0.0596. The minimum absolute atomic E-state index is 0.147. The van der Waals surface area contributed by atoms with Crippen LogP contribution in [-0.4, -0.2) is 27.3 Å². The molecule has 0 radical (unpaired) electrons. The molecule has 1 atom stereocenters. The Morgan fingerprint density at radius 2 is 1.78 bits per heavy atom. The Hall–Kier alpha value is -2.69. The summed E-state index contributed by atoms with van der Waals surface area (Å²) in [5.74, 6) is 1.56. The van der Waals surface area contributed by atoms with Crippen molar-refractivity contribution in [3.63, 3.8) is 0 Å². The topological polar surface area (TPSA) is 54.0 Å². The molecule has 3 rings (SSSR count). The molecule has 0 saturated carbocycles. The van der Waals surface area contributed by atoms with E-state index in [1.54, 1.807) is 13.2 Å². The summed E-state index contributed by atoms with van der Waals surface area (Å²) in [5, 5.41) is 0. The highest BCUT2D eigenvalue weighted by molar-refractivity contribution is 5.95. The van der Waals surface area contributed by atoms with Gasteiger partial charge in [-0.15, -0.1) is 0 Å². The van der Waals surface area contributed by atoms with Gasteiger partial charge in [-0.2, -0.15) is 0 Å². The molecule has 0 amide bonds. The molecule has 0 saturated heterocycles. The maximum absolute atomic E-state index is 12.1. The molecule has 0 N–H and O–H groups in total. The molecule has 0 spiro atoms. The van der Waals surface area contributed by atoms with Crippen LogP contribution in [0.1, 0.15) is 27.6 Å². The number of fused-ring (bicyclic) bond motifs is 1. The molecule has 1 unspecified atom stereocenters. The average molecular weight is 314 g/mol. The van der Waals surface area contributed by atoms with Gasteiger partial charge in [-0.1, -0.05) is 12.1 Å². The molecule has 1 aliphatic heterocycles. The van der Waals surface area contributed by atoms with Gasteiger partial charge in [0.25, 0.3) is 0 Å². The van der Waals surface area contributed by atoms with Gasteiger partial charge >= 0.3 is 5.97 Å². The summed E-state index contributed by atoms with van der Waals surface area (Å²) < 4.78 is 21.3. The Morgan fingerprint density at radius 3 is 2.39 bits per heavy atom. The zero-order valence-electron chi connectivity index (χ0n) is 13.3. The molecule has 1 heterocycles. The molecule has 1 aliphatic rings. The lowest BCUT2D eigenvalue weighted by Gasteiger charge is -2.11. The van der Waals surface area contributed by atoms with Crippen molar-refractivity contribution in [2.45, 2.75) is 12.5 Å². The number of hydrogen-bond acceptors (Lipinski definition) is 5. The van der Waals surface area contributed by atoms with E-state index in [2.05, 4.69) is 0 Å². The van der Waals surface area contributed by atoms with Crippen molar-refractivity contribution in [3.8, 4) is 17.2 Å². The highest BCUT2D eigenvalue weighted by Gasteiger charge is 2.31. The number of ether oxygens (including phenoxy) is 4. The molecular formula is C18H18O5. The van der Waals surface area contributed by atoms with E-state index in [0.29, 0.717) is 23.5 Å². The Balaban J connectivity index is 1.95. The predicted molar refractivity (Wildman–Crippen MR) is 84.4 cm³/mol. The molecule has 2 aromatic carbocycles. The number of esters is 1. The van der Waals surface area contributed by atoms with Crippen LogP contribution in [0.3, 0.4) is 0 Å². The normalized spacial score (nSPS) is 15.5. The average Bonchev–Trinajstić information content (AvgIpc) is 3.04. The molecule has 5 heteroatoms. The van der Waals surface area contributed by atoms with Crippen molar-refractivity contribution in [1.29, 1.82) is 0 Å². The van der Waals surface area contributed by atoms with E-state index >= 15 is 0 Å². The smallest absolute Gasteiger partial charge is 0.342 e. The number of hydrogen-bond donors (Lipinski definition) is 0. The second kappa shape index (κ2) is 6.20. The van der Waals surface area contributed by atoms with Crippen LogP contribution < -0.4 is 14.2 Å². The Bertz CT molecular complexity index is 721. The molecule has 0 bridgehead atoms. The van der Waals surface area contributed by atoms with Gasteiger partial charge in [0.2, 0.25) is 0 Å². The molecule has 5 nitrogen and oxygen atoms in total. The zero-order chi connectivity index (χ0) is 16.4. The van der Waals surface area contributed by atoms with E-state index in [9.17, 15) is 4.79 Å². The summed E-state index contributed by atoms with van der Waals surface area (Å²) in [6.45, 7) is 0. The third-order valence-corrected chi connectivity index (χ3v) is 3.99. The van der Waals surface area contributed by atoms with Gasteiger partial charge in [-0.05, 0) is 29.8 Å². The van der Waals surface area contributed by atoms with Crippen LogP contribution in [0, 0.1) is 0 Å². The van der Waals surface area contributed by atoms with Crippen molar-refractivity contribution < 1.29 is 23.7 Å². The third-order valence-electron chi connectivity index (χ3n) is 3.99. The molecule has 0 aromatic heterocycles. The standard InChI is InChI=1S/C18H18O5/c1-20-12-6-4-11(5-7-12)16-10-13-14(23-16)8-9-15(21-2)17(13)18(19)22-3/h4-9,16H,10H2,1-3H3. The Labute approximate surface area is 134 Å². The van der Waals surface area contributed by atoms with Gasteiger partial charge in [-0.25, -0.2) is 4.79 Å². The van der Waals surface area contributed by atoms with Gasteiger partial charge in [0.15, 0.2) is 0 Å². The van der Waals surface area contributed by atoms with Crippen molar-refractivity contribution >= 4 is 5.97 Å².